The van der Waals surface area contributed by atoms with Crippen LogP contribution in [-0.2, 0) is 4.79 Å². The Labute approximate surface area is 122 Å². The van der Waals surface area contributed by atoms with E-state index >= 15 is 0 Å². The maximum absolute atomic E-state index is 10.5. The van der Waals surface area contributed by atoms with Gasteiger partial charge in [0.25, 0.3) is 0 Å². The van der Waals surface area contributed by atoms with Crippen molar-refractivity contribution in [3.63, 3.8) is 0 Å². The van der Waals surface area contributed by atoms with Crippen LogP contribution in [0, 0.1) is 11.3 Å². The van der Waals surface area contributed by atoms with E-state index in [0.29, 0.717) is 11.1 Å². The van der Waals surface area contributed by atoms with E-state index in [1.807, 2.05) is 30.4 Å². The Morgan fingerprint density at radius 1 is 1.10 bits per heavy atom. The number of aromatic nitrogens is 1. The van der Waals surface area contributed by atoms with Crippen LogP contribution in [0.5, 0.6) is 0 Å². The molecule has 0 bridgehead atoms. The van der Waals surface area contributed by atoms with E-state index in [4.69, 9.17) is 10.4 Å². The van der Waals surface area contributed by atoms with E-state index in [2.05, 4.69) is 11.1 Å². The Kier molecular flexibility index (Phi) is 4.62. The van der Waals surface area contributed by atoms with E-state index in [0.717, 1.165) is 17.2 Å². The van der Waals surface area contributed by atoms with Crippen LogP contribution in [0.15, 0.2) is 48.8 Å². The number of carboxylic acid groups (broad SMARTS) is 1. The smallest absolute Gasteiger partial charge is 0.328 e. The van der Waals surface area contributed by atoms with Crippen molar-refractivity contribution in [2.75, 3.05) is 0 Å². The van der Waals surface area contributed by atoms with Gasteiger partial charge in [0.1, 0.15) is 0 Å². The highest BCUT2D eigenvalue weighted by Crippen LogP contribution is 2.15. The van der Waals surface area contributed by atoms with Crippen LogP contribution in [0.25, 0.3) is 18.2 Å². The molecule has 1 aromatic heterocycles. The standard InChI is InChI=1S/C17H12N2O2/c18-12-16-11-14(2-1-13-7-9-19-10-8-13)3-4-15(16)5-6-17(20)21/h1-11H,(H,20,21)/b2-1+,6-5+. The molecule has 0 saturated heterocycles. The van der Waals surface area contributed by atoms with E-state index in [-0.39, 0.29) is 0 Å². The van der Waals surface area contributed by atoms with Crippen molar-refractivity contribution in [1.82, 2.24) is 4.98 Å². The molecule has 2 rings (SSSR count). The molecule has 0 atom stereocenters. The van der Waals surface area contributed by atoms with Crippen LogP contribution < -0.4 is 0 Å². The predicted octanol–water partition coefficient (Wildman–Crippen LogP) is 3.22. The van der Waals surface area contributed by atoms with E-state index in [1.54, 1.807) is 24.5 Å². The molecule has 102 valence electrons. The molecule has 4 heteroatoms. The quantitative estimate of drug-likeness (QED) is 0.870. The Morgan fingerprint density at radius 3 is 2.48 bits per heavy atom. The first-order chi connectivity index (χ1) is 10.2. The first-order valence-electron chi connectivity index (χ1n) is 6.22. The molecule has 1 aromatic carbocycles. The minimum absolute atomic E-state index is 0.435. The summed E-state index contributed by atoms with van der Waals surface area (Å²) in [4.78, 5) is 14.5. The SMILES string of the molecule is N#Cc1cc(/C=C/c2ccncc2)ccc1/C=C/C(=O)O. The minimum atomic E-state index is -1.04. The van der Waals surface area contributed by atoms with Gasteiger partial charge < -0.3 is 5.11 Å². The number of carboxylic acids is 1. The number of rotatable bonds is 4. The van der Waals surface area contributed by atoms with Crippen molar-refractivity contribution in [3.8, 4) is 6.07 Å². The van der Waals surface area contributed by atoms with Crippen LogP contribution in [0.4, 0.5) is 0 Å². The summed E-state index contributed by atoms with van der Waals surface area (Å²) in [7, 11) is 0. The molecule has 0 radical (unpaired) electrons. The van der Waals surface area contributed by atoms with Gasteiger partial charge in [0.05, 0.1) is 11.6 Å². The lowest BCUT2D eigenvalue weighted by Crippen LogP contribution is -1.88. The normalized spacial score (nSPS) is 10.8. The first-order valence-corrected chi connectivity index (χ1v) is 6.22. The van der Waals surface area contributed by atoms with E-state index in [9.17, 15) is 4.79 Å². The molecule has 0 amide bonds. The van der Waals surface area contributed by atoms with Gasteiger partial charge in [-0.3, -0.25) is 4.98 Å². The van der Waals surface area contributed by atoms with Crippen LogP contribution in [-0.4, -0.2) is 16.1 Å². The molecular weight excluding hydrogens is 264 g/mol. The first kappa shape index (κ1) is 14.2. The average Bonchev–Trinajstić information content (AvgIpc) is 2.52. The highest BCUT2D eigenvalue weighted by Gasteiger charge is 2.00. The van der Waals surface area contributed by atoms with Crippen molar-refractivity contribution < 1.29 is 9.90 Å². The summed E-state index contributed by atoms with van der Waals surface area (Å²) in [6.45, 7) is 0. The van der Waals surface area contributed by atoms with Gasteiger partial charge >= 0.3 is 5.97 Å². The molecule has 21 heavy (non-hydrogen) atoms. The third kappa shape index (κ3) is 4.15. The van der Waals surface area contributed by atoms with Crippen molar-refractivity contribution in [3.05, 3.63) is 71.1 Å². The van der Waals surface area contributed by atoms with Crippen molar-refractivity contribution in [2.24, 2.45) is 0 Å². The van der Waals surface area contributed by atoms with Crippen LogP contribution in [0.2, 0.25) is 0 Å². The van der Waals surface area contributed by atoms with Crippen LogP contribution >= 0.6 is 0 Å². The number of benzene rings is 1. The molecule has 4 nitrogen and oxygen atoms in total. The summed E-state index contributed by atoms with van der Waals surface area (Å²) < 4.78 is 0. The molecule has 0 saturated carbocycles. The highest BCUT2D eigenvalue weighted by molar-refractivity contribution is 5.86. The van der Waals surface area contributed by atoms with Crippen molar-refractivity contribution in [2.45, 2.75) is 0 Å². The number of pyridine rings is 1. The highest BCUT2D eigenvalue weighted by atomic mass is 16.4. The molecule has 1 heterocycles. The molecule has 0 spiro atoms. The minimum Gasteiger partial charge on any atom is -0.478 e. The summed E-state index contributed by atoms with van der Waals surface area (Å²) in [6.07, 6.45) is 9.66. The molecule has 1 N–H and O–H groups in total. The molecule has 0 unspecified atom stereocenters. The number of nitrogens with zero attached hydrogens (tertiary/aromatic N) is 2. The fourth-order valence-corrected chi connectivity index (χ4v) is 1.75. The molecular formula is C17H12N2O2. The zero-order valence-electron chi connectivity index (χ0n) is 11.1. The number of hydrogen-bond donors (Lipinski definition) is 1. The molecule has 0 fully saturated rings. The maximum Gasteiger partial charge on any atom is 0.328 e. The van der Waals surface area contributed by atoms with Gasteiger partial charge in [-0.2, -0.15) is 5.26 Å². The zero-order valence-corrected chi connectivity index (χ0v) is 11.1. The Bertz CT molecular complexity index is 741. The van der Waals surface area contributed by atoms with Gasteiger partial charge in [-0.1, -0.05) is 24.3 Å². The lowest BCUT2D eigenvalue weighted by Gasteiger charge is -2.00. The van der Waals surface area contributed by atoms with E-state index in [1.165, 1.54) is 6.08 Å². The number of aliphatic carboxylic acids is 1. The maximum atomic E-state index is 10.5. The Hall–Kier alpha value is -3.19. The summed E-state index contributed by atoms with van der Waals surface area (Å²) in [5.41, 5.74) is 2.90. The van der Waals surface area contributed by atoms with Crippen molar-refractivity contribution in [1.29, 1.82) is 5.26 Å². The zero-order chi connectivity index (χ0) is 15.1. The molecule has 0 aliphatic heterocycles. The Balaban J connectivity index is 2.25. The van der Waals surface area contributed by atoms with Gasteiger partial charge in [-0.05, 0) is 41.0 Å². The van der Waals surface area contributed by atoms with Gasteiger partial charge in [0.2, 0.25) is 0 Å². The van der Waals surface area contributed by atoms with Gasteiger partial charge in [0, 0.05) is 18.5 Å². The fraction of sp³-hybridized carbons (Fsp3) is 0. The van der Waals surface area contributed by atoms with Gasteiger partial charge in [0.15, 0.2) is 0 Å². The van der Waals surface area contributed by atoms with Crippen LogP contribution in [0.3, 0.4) is 0 Å². The lowest BCUT2D eigenvalue weighted by molar-refractivity contribution is -0.131. The molecule has 0 aliphatic carbocycles. The third-order valence-electron chi connectivity index (χ3n) is 2.78. The van der Waals surface area contributed by atoms with Crippen molar-refractivity contribution >= 4 is 24.2 Å². The Morgan fingerprint density at radius 2 is 1.81 bits per heavy atom. The fourth-order valence-electron chi connectivity index (χ4n) is 1.75. The largest absolute Gasteiger partial charge is 0.478 e. The second-order valence-corrected chi connectivity index (χ2v) is 4.24. The van der Waals surface area contributed by atoms with Gasteiger partial charge in [-0.15, -0.1) is 0 Å². The second-order valence-electron chi connectivity index (χ2n) is 4.24. The third-order valence-corrected chi connectivity index (χ3v) is 2.78. The number of hydrogen-bond acceptors (Lipinski definition) is 3. The monoisotopic (exact) mass is 276 g/mol. The lowest BCUT2D eigenvalue weighted by atomic mass is 10.0. The number of carbonyl (C=O) groups is 1. The molecule has 0 aliphatic rings. The average molecular weight is 276 g/mol. The summed E-state index contributed by atoms with van der Waals surface area (Å²) in [5.74, 6) is -1.04. The second kappa shape index (κ2) is 6.83. The summed E-state index contributed by atoms with van der Waals surface area (Å²) in [5, 5.41) is 17.7. The molecule has 2 aromatic rings. The summed E-state index contributed by atoms with van der Waals surface area (Å²) >= 11 is 0. The van der Waals surface area contributed by atoms with Gasteiger partial charge in [-0.25, -0.2) is 4.79 Å². The number of nitriles is 1. The predicted molar refractivity (Wildman–Crippen MR) is 81.0 cm³/mol. The summed E-state index contributed by atoms with van der Waals surface area (Å²) in [6, 6.07) is 11.1. The topological polar surface area (TPSA) is 74.0 Å². The van der Waals surface area contributed by atoms with E-state index < -0.39 is 5.97 Å². The van der Waals surface area contributed by atoms with Crippen LogP contribution in [0.1, 0.15) is 22.3 Å².